The van der Waals surface area contributed by atoms with Crippen molar-refractivity contribution in [1.29, 1.82) is 0 Å². The molecule has 1 aliphatic carbocycles. The highest BCUT2D eigenvalue weighted by atomic mass is 16.1. The third-order valence-electron chi connectivity index (χ3n) is 3.98. The molecule has 2 aromatic rings. The van der Waals surface area contributed by atoms with Gasteiger partial charge in [-0.2, -0.15) is 5.10 Å². The van der Waals surface area contributed by atoms with Gasteiger partial charge in [0.25, 0.3) is 5.91 Å². The van der Waals surface area contributed by atoms with Crippen LogP contribution in [0.5, 0.6) is 0 Å². The van der Waals surface area contributed by atoms with Gasteiger partial charge in [0.05, 0.1) is 17.8 Å². The van der Waals surface area contributed by atoms with Gasteiger partial charge in [-0.15, -0.1) is 0 Å². The first-order valence-corrected chi connectivity index (χ1v) is 7.07. The van der Waals surface area contributed by atoms with Crippen LogP contribution in [-0.2, 0) is 6.42 Å². The molecule has 1 amide bonds. The quantitative estimate of drug-likeness (QED) is 0.900. The Balaban J connectivity index is 1.81. The van der Waals surface area contributed by atoms with E-state index in [1.165, 1.54) is 16.7 Å². The number of nitrogens with zero attached hydrogens (tertiary/aromatic N) is 1. The lowest BCUT2D eigenvalue weighted by molar-refractivity contribution is 0.0937. The van der Waals surface area contributed by atoms with Gasteiger partial charge in [0, 0.05) is 6.20 Å². The van der Waals surface area contributed by atoms with Crippen LogP contribution >= 0.6 is 0 Å². The molecule has 1 aromatic heterocycles. The zero-order chi connectivity index (χ0) is 14.1. The first kappa shape index (κ1) is 12.9. The number of aromatic amines is 1. The predicted molar refractivity (Wildman–Crippen MR) is 77.6 cm³/mol. The Kier molecular flexibility index (Phi) is 3.30. The molecule has 4 heteroatoms. The second-order valence-corrected chi connectivity index (χ2v) is 5.66. The van der Waals surface area contributed by atoms with E-state index in [9.17, 15) is 4.79 Å². The van der Waals surface area contributed by atoms with E-state index < -0.39 is 0 Å². The molecular weight excluding hydrogens is 250 g/mol. The highest BCUT2D eigenvalue weighted by Gasteiger charge is 2.25. The minimum atomic E-state index is -0.0634. The summed E-state index contributed by atoms with van der Waals surface area (Å²) in [4.78, 5) is 12.1. The van der Waals surface area contributed by atoms with Gasteiger partial charge in [0.1, 0.15) is 0 Å². The van der Waals surface area contributed by atoms with Gasteiger partial charge in [-0.25, -0.2) is 0 Å². The minimum Gasteiger partial charge on any atom is -0.345 e. The summed E-state index contributed by atoms with van der Waals surface area (Å²) in [6.45, 7) is 4.38. The number of nitrogens with one attached hydrogen (secondary N) is 2. The molecule has 104 valence electrons. The molecule has 3 rings (SSSR count). The van der Waals surface area contributed by atoms with Crippen LogP contribution in [0.2, 0.25) is 0 Å². The lowest BCUT2D eigenvalue weighted by Gasteiger charge is -2.15. The Morgan fingerprint density at radius 1 is 1.45 bits per heavy atom. The van der Waals surface area contributed by atoms with Gasteiger partial charge in [-0.05, 0) is 35.4 Å². The molecular formula is C16H19N3O. The van der Waals surface area contributed by atoms with Gasteiger partial charge in [0.15, 0.2) is 0 Å². The van der Waals surface area contributed by atoms with Crippen molar-refractivity contribution < 1.29 is 4.79 Å². The summed E-state index contributed by atoms with van der Waals surface area (Å²) in [5.41, 5.74) is 4.53. The van der Waals surface area contributed by atoms with E-state index in [1.807, 2.05) is 0 Å². The molecule has 1 unspecified atom stereocenters. The number of fused-ring (bicyclic) bond motifs is 1. The Hall–Kier alpha value is -2.10. The molecule has 0 radical (unpaired) electrons. The van der Waals surface area contributed by atoms with E-state index in [0.29, 0.717) is 11.5 Å². The first-order valence-electron chi connectivity index (χ1n) is 7.07. The highest BCUT2D eigenvalue weighted by molar-refractivity contribution is 5.94. The Bertz CT molecular complexity index is 617. The number of carbonyl (C=O) groups is 1. The molecule has 0 saturated carbocycles. The monoisotopic (exact) mass is 269 g/mol. The normalized spacial score (nSPS) is 17.2. The van der Waals surface area contributed by atoms with Crippen molar-refractivity contribution in [2.24, 2.45) is 0 Å². The van der Waals surface area contributed by atoms with Crippen molar-refractivity contribution in [2.75, 3.05) is 0 Å². The van der Waals surface area contributed by atoms with Crippen molar-refractivity contribution in [3.63, 3.8) is 0 Å². The summed E-state index contributed by atoms with van der Waals surface area (Å²) in [6.07, 6.45) is 5.18. The third-order valence-corrected chi connectivity index (χ3v) is 3.98. The largest absolute Gasteiger partial charge is 0.345 e. The van der Waals surface area contributed by atoms with Crippen LogP contribution in [0.1, 0.15) is 59.3 Å². The summed E-state index contributed by atoms with van der Waals surface area (Å²) in [7, 11) is 0. The molecule has 20 heavy (non-hydrogen) atoms. The van der Waals surface area contributed by atoms with Crippen LogP contribution in [0, 0.1) is 0 Å². The maximum atomic E-state index is 12.1. The second kappa shape index (κ2) is 5.12. The second-order valence-electron chi connectivity index (χ2n) is 5.66. The van der Waals surface area contributed by atoms with Crippen molar-refractivity contribution in [2.45, 2.75) is 38.6 Å². The van der Waals surface area contributed by atoms with E-state index in [2.05, 4.69) is 47.6 Å². The fourth-order valence-electron chi connectivity index (χ4n) is 2.75. The van der Waals surface area contributed by atoms with Crippen LogP contribution < -0.4 is 5.32 Å². The van der Waals surface area contributed by atoms with Crippen molar-refractivity contribution >= 4 is 5.91 Å². The molecule has 1 atom stereocenters. The minimum absolute atomic E-state index is 0.0634. The number of carbonyl (C=O) groups excluding carboxylic acids is 1. The maximum absolute atomic E-state index is 12.1. The zero-order valence-corrected chi connectivity index (χ0v) is 11.8. The summed E-state index contributed by atoms with van der Waals surface area (Å²) >= 11 is 0. The number of hydrogen-bond donors (Lipinski definition) is 2. The van der Waals surface area contributed by atoms with Gasteiger partial charge in [-0.3, -0.25) is 9.89 Å². The van der Waals surface area contributed by atoms with E-state index in [-0.39, 0.29) is 11.9 Å². The number of rotatable bonds is 3. The van der Waals surface area contributed by atoms with Gasteiger partial charge in [0.2, 0.25) is 0 Å². The van der Waals surface area contributed by atoms with Crippen molar-refractivity contribution in [3.8, 4) is 0 Å². The lowest BCUT2D eigenvalue weighted by atomic mass is 9.97. The molecule has 0 saturated heterocycles. The van der Waals surface area contributed by atoms with Crippen LogP contribution in [0.4, 0.5) is 0 Å². The van der Waals surface area contributed by atoms with E-state index in [0.717, 1.165) is 12.8 Å². The van der Waals surface area contributed by atoms with Crippen molar-refractivity contribution in [3.05, 3.63) is 52.8 Å². The summed E-state index contributed by atoms with van der Waals surface area (Å²) < 4.78 is 0. The van der Waals surface area contributed by atoms with Crippen LogP contribution in [0.25, 0.3) is 0 Å². The third kappa shape index (κ3) is 2.33. The zero-order valence-electron chi connectivity index (χ0n) is 11.8. The predicted octanol–water partition coefficient (Wildman–Crippen LogP) is 2.95. The molecule has 1 aliphatic rings. The van der Waals surface area contributed by atoms with E-state index in [1.54, 1.807) is 12.4 Å². The topological polar surface area (TPSA) is 57.8 Å². The molecule has 2 N–H and O–H groups in total. The molecule has 0 aliphatic heterocycles. The molecule has 0 bridgehead atoms. The van der Waals surface area contributed by atoms with Crippen LogP contribution in [0.3, 0.4) is 0 Å². The maximum Gasteiger partial charge on any atom is 0.254 e. The van der Waals surface area contributed by atoms with Gasteiger partial charge < -0.3 is 5.32 Å². The van der Waals surface area contributed by atoms with Crippen LogP contribution in [0.15, 0.2) is 30.6 Å². The number of aryl methyl sites for hydroxylation is 1. The molecule has 1 heterocycles. The first-order chi connectivity index (χ1) is 9.65. The average Bonchev–Trinajstić information content (AvgIpc) is 3.08. The van der Waals surface area contributed by atoms with E-state index >= 15 is 0 Å². The molecule has 0 fully saturated rings. The molecule has 0 spiro atoms. The smallest absolute Gasteiger partial charge is 0.254 e. The fourth-order valence-corrected chi connectivity index (χ4v) is 2.75. The summed E-state index contributed by atoms with van der Waals surface area (Å²) in [6, 6.07) is 6.76. The molecule has 1 aromatic carbocycles. The number of benzene rings is 1. The average molecular weight is 269 g/mol. The standard InChI is InChI=1S/C16H19N3O/c1-10(2)12-4-3-11-5-6-15(14(11)7-12)19-16(20)13-8-17-18-9-13/h3-4,7-10,15H,5-6H2,1-2H3,(H,17,18)(H,19,20). The van der Waals surface area contributed by atoms with Gasteiger partial charge >= 0.3 is 0 Å². The fraction of sp³-hybridized carbons (Fsp3) is 0.375. The summed E-state index contributed by atoms with van der Waals surface area (Å²) in [5, 5.41) is 9.59. The number of aromatic nitrogens is 2. The lowest BCUT2D eigenvalue weighted by Crippen LogP contribution is -2.26. The Labute approximate surface area is 118 Å². The SMILES string of the molecule is CC(C)c1ccc2c(c1)C(NC(=O)c1cn[nH]c1)CC2. The van der Waals surface area contributed by atoms with Crippen molar-refractivity contribution in [1.82, 2.24) is 15.5 Å². The van der Waals surface area contributed by atoms with Crippen LogP contribution in [-0.4, -0.2) is 16.1 Å². The Morgan fingerprint density at radius 3 is 3.00 bits per heavy atom. The van der Waals surface area contributed by atoms with E-state index in [4.69, 9.17) is 0 Å². The number of hydrogen-bond acceptors (Lipinski definition) is 2. The van der Waals surface area contributed by atoms with Gasteiger partial charge in [-0.1, -0.05) is 32.0 Å². The molecule has 4 nitrogen and oxygen atoms in total. The number of amides is 1. The summed E-state index contributed by atoms with van der Waals surface area (Å²) in [5.74, 6) is 0.442. The highest BCUT2D eigenvalue weighted by Crippen LogP contribution is 2.33. The Morgan fingerprint density at radius 2 is 2.30 bits per heavy atom. The number of H-pyrrole nitrogens is 1.